The fraction of sp³-hybridized carbons (Fsp3) is 0.149. The lowest BCUT2D eigenvalue weighted by atomic mass is 9.95. The zero-order valence-electron chi connectivity index (χ0n) is 32.1. The Morgan fingerprint density at radius 1 is 0.617 bits per heavy atom. The normalized spacial score (nSPS) is 15.8. The van der Waals surface area contributed by atoms with Gasteiger partial charge in [0.05, 0.1) is 5.69 Å². The van der Waals surface area contributed by atoms with Crippen molar-refractivity contribution in [1.82, 2.24) is 9.97 Å². The first-order chi connectivity index (χ1) is 29.2. The summed E-state index contributed by atoms with van der Waals surface area (Å²) >= 11 is 12.9. The van der Waals surface area contributed by atoms with Gasteiger partial charge in [-0.2, -0.15) is 0 Å². The van der Waals surface area contributed by atoms with Crippen LogP contribution >= 0.6 is 23.2 Å². The van der Waals surface area contributed by atoms with Crippen LogP contribution in [0.4, 0.5) is 27.5 Å². The van der Waals surface area contributed by atoms with E-state index in [0.717, 1.165) is 54.6 Å². The number of nitrogens with one attached hydrogen (secondary N) is 4. The molecular weight excluding hydrogens is 799 g/mol. The number of anilines is 4. The molecule has 4 N–H and O–H groups in total. The van der Waals surface area contributed by atoms with Gasteiger partial charge in [0, 0.05) is 93.9 Å². The van der Waals surface area contributed by atoms with E-state index in [0.29, 0.717) is 64.6 Å². The molecule has 0 aliphatic carbocycles. The van der Waals surface area contributed by atoms with E-state index in [9.17, 15) is 19.2 Å². The minimum Gasteiger partial charge on any atom is -0.426 e. The summed E-state index contributed by atoms with van der Waals surface area (Å²) in [5, 5.41) is 11.1. The first-order valence-electron chi connectivity index (χ1n) is 19.5. The standard InChI is InChI=1S/C47H36Cl2N6O5/c1-25(56)60-42-20-41-44(35-9-5-4-8-34(35)42)30(22-49)24-55(41)46(58)39-19-28-17-32(12-14-37(28)53-39)51-47(59)50-31-11-13-36-27(16-31)18-38(52-36)45(57)54-23-29(21-48)43-33-7-3-2-6-26(33)10-15-40(43)54/h2-20,29-30,52-53H,21-24H2,1H3,(H2,50,51,59)/t29-,30-/m1/s1. The summed E-state index contributed by atoms with van der Waals surface area (Å²) in [5.41, 5.74) is 6.86. The number of aromatic amines is 2. The predicted octanol–water partition coefficient (Wildman–Crippen LogP) is 10.5. The average Bonchev–Trinajstić information content (AvgIpc) is 4.05. The van der Waals surface area contributed by atoms with Crippen LogP contribution in [0.5, 0.6) is 5.75 Å². The van der Waals surface area contributed by atoms with Crippen molar-refractivity contribution in [2.45, 2.75) is 18.8 Å². The van der Waals surface area contributed by atoms with Crippen LogP contribution in [0.1, 0.15) is 50.9 Å². The van der Waals surface area contributed by atoms with Crippen LogP contribution in [0.2, 0.25) is 0 Å². The van der Waals surface area contributed by atoms with E-state index in [2.05, 4.69) is 32.7 Å². The Kier molecular flexibility index (Phi) is 9.22. The van der Waals surface area contributed by atoms with Crippen LogP contribution < -0.4 is 25.2 Å². The molecular formula is C47H36Cl2N6O5. The molecule has 6 aromatic carbocycles. The molecule has 0 saturated carbocycles. The summed E-state index contributed by atoms with van der Waals surface area (Å²) in [7, 11) is 0. The van der Waals surface area contributed by atoms with Gasteiger partial charge in [0.15, 0.2) is 0 Å². The molecule has 60 heavy (non-hydrogen) atoms. The Morgan fingerprint density at radius 3 is 1.73 bits per heavy atom. The van der Waals surface area contributed by atoms with E-state index in [1.54, 1.807) is 52.3 Å². The number of amides is 4. The molecule has 4 heterocycles. The number of urea groups is 1. The van der Waals surface area contributed by atoms with Crippen molar-refractivity contribution < 1.29 is 23.9 Å². The van der Waals surface area contributed by atoms with Gasteiger partial charge >= 0.3 is 12.0 Å². The van der Waals surface area contributed by atoms with Gasteiger partial charge in [-0.25, -0.2) is 4.79 Å². The van der Waals surface area contributed by atoms with Crippen molar-refractivity contribution in [3.05, 3.63) is 138 Å². The monoisotopic (exact) mass is 834 g/mol. The zero-order valence-corrected chi connectivity index (χ0v) is 33.7. The first kappa shape index (κ1) is 37.5. The third-order valence-electron chi connectivity index (χ3n) is 11.5. The molecule has 0 spiro atoms. The molecule has 0 bridgehead atoms. The number of benzene rings is 6. The maximum Gasteiger partial charge on any atom is 0.323 e. The second-order valence-corrected chi connectivity index (χ2v) is 15.9. The number of halogens is 2. The lowest BCUT2D eigenvalue weighted by Crippen LogP contribution is -2.30. The highest BCUT2D eigenvalue weighted by atomic mass is 35.5. The van der Waals surface area contributed by atoms with E-state index < -0.39 is 12.0 Å². The summed E-state index contributed by atoms with van der Waals surface area (Å²) in [6.07, 6.45) is 0. The second kappa shape index (κ2) is 14.8. The number of carbonyl (C=O) groups excluding carboxylic acids is 4. The predicted molar refractivity (Wildman–Crippen MR) is 239 cm³/mol. The van der Waals surface area contributed by atoms with Gasteiger partial charge < -0.3 is 35.1 Å². The van der Waals surface area contributed by atoms with Crippen molar-refractivity contribution in [1.29, 1.82) is 0 Å². The topological polar surface area (TPSA) is 140 Å². The lowest BCUT2D eigenvalue weighted by Gasteiger charge is -2.18. The Labute approximate surface area is 353 Å². The van der Waals surface area contributed by atoms with E-state index in [1.165, 1.54) is 6.92 Å². The van der Waals surface area contributed by atoms with Crippen molar-refractivity contribution in [2.75, 3.05) is 45.3 Å². The molecule has 13 heteroatoms. The Balaban J connectivity index is 0.848. The molecule has 10 rings (SSSR count). The molecule has 2 atom stereocenters. The Morgan fingerprint density at radius 2 is 1.15 bits per heavy atom. The molecule has 298 valence electrons. The number of carbonyl (C=O) groups is 4. The van der Waals surface area contributed by atoms with Gasteiger partial charge in [-0.3, -0.25) is 14.4 Å². The maximum absolute atomic E-state index is 14.1. The van der Waals surface area contributed by atoms with Crippen molar-refractivity contribution >= 4 is 113 Å². The largest absolute Gasteiger partial charge is 0.426 e. The van der Waals surface area contributed by atoms with Gasteiger partial charge in [-0.1, -0.05) is 54.6 Å². The molecule has 2 aromatic heterocycles. The summed E-state index contributed by atoms with van der Waals surface area (Å²) < 4.78 is 5.58. The summed E-state index contributed by atoms with van der Waals surface area (Å²) in [4.78, 5) is 63.3. The van der Waals surface area contributed by atoms with Crippen LogP contribution in [0.3, 0.4) is 0 Å². The number of nitrogens with zero attached hydrogens (tertiary/aromatic N) is 2. The Bertz CT molecular complexity index is 3100. The van der Waals surface area contributed by atoms with Crippen molar-refractivity contribution in [2.24, 2.45) is 0 Å². The number of alkyl halides is 2. The van der Waals surface area contributed by atoms with Crippen molar-refractivity contribution in [3.63, 3.8) is 0 Å². The smallest absolute Gasteiger partial charge is 0.323 e. The minimum atomic E-state index is -0.461. The number of rotatable bonds is 7. The van der Waals surface area contributed by atoms with Gasteiger partial charge in [-0.15, -0.1) is 23.2 Å². The van der Waals surface area contributed by atoms with Crippen LogP contribution in [0, 0.1) is 0 Å². The molecule has 11 nitrogen and oxygen atoms in total. The number of hydrogen-bond donors (Lipinski definition) is 4. The van der Waals surface area contributed by atoms with Gasteiger partial charge in [-0.05, 0) is 81.9 Å². The summed E-state index contributed by atoms with van der Waals surface area (Å²) in [6, 6.07) is 35.4. The van der Waals surface area contributed by atoms with E-state index in [4.69, 9.17) is 27.9 Å². The average molecular weight is 836 g/mol. The molecule has 2 aliphatic heterocycles. The van der Waals surface area contributed by atoms with Gasteiger partial charge in [0.1, 0.15) is 17.1 Å². The number of H-pyrrole nitrogens is 2. The maximum atomic E-state index is 14.1. The zero-order chi connectivity index (χ0) is 41.2. The lowest BCUT2D eigenvalue weighted by molar-refractivity contribution is -0.131. The van der Waals surface area contributed by atoms with Crippen LogP contribution in [0.25, 0.3) is 43.4 Å². The molecule has 8 aromatic rings. The highest BCUT2D eigenvalue weighted by Gasteiger charge is 2.37. The molecule has 2 aliphatic rings. The van der Waals surface area contributed by atoms with Crippen LogP contribution in [-0.2, 0) is 4.79 Å². The molecule has 0 radical (unpaired) electrons. The second-order valence-electron chi connectivity index (χ2n) is 15.2. The van der Waals surface area contributed by atoms with Gasteiger partial charge in [0.25, 0.3) is 11.8 Å². The number of aromatic nitrogens is 2. The molecule has 0 fully saturated rings. The SMILES string of the molecule is CC(=O)Oc1cc2c(c3ccccc13)[C@H](CCl)CN2C(=O)c1cc2cc(NC(=O)Nc3ccc4[nH]c(C(=O)N5C[C@@H](CCl)c6c5ccc5ccccc65)cc4c3)ccc2[nH]1. The fourth-order valence-electron chi connectivity index (χ4n) is 8.88. The van der Waals surface area contributed by atoms with E-state index in [-0.39, 0.29) is 23.7 Å². The number of fused-ring (bicyclic) bond motifs is 8. The quantitative estimate of drug-likeness (QED) is 0.0719. The minimum absolute atomic E-state index is 0.0153. The summed E-state index contributed by atoms with van der Waals surface area (Å²) in [5.74, 6) is 0.102. The molecule has 0 unspecified atom stereocenters. The molecule has 0 saturated heterocycles. The number of hydrogen-bond acceptors (Lipinski definition) is 5. The number of ether oxygens (including phenoxy) is 1. The first-order valence-corrected chi connectivity index (χ1v) is 20.6. The third kappa shape index (κ3) is 6.38. The fourth-order valence-corrected chi connectivity index (χ4v) is 9.39. The number of esters is 1. The highest BCUT2D eigenvalue weighted by Crippen LogP contribution is 2.46. The van der Waals surface area contributed by atoms with Gasteiger partial charge in [0.2, 0.25) is 0 Å². The summed E-state index contributed by atoms with van der Waals surface area (Å²) in [6.45, 7) is 2.19. The van der Waals surface area contributed by atoms with Crippen LogP contribution in [-0.4, -0.2) is 58.6 Å². The third-order valence-corrected chi connectivity index (χ3v) is 12.3. The van der Waals surface area contributed by atoms with Crippen molar-refractivity contribution in [3.8, 4) is 5.75 Å². The van der Waals surface area contributed by atoms with E-state index in [1.807, 2.05) is 60.7 Å². The van der Waals surface area contributed by atoms with E-state index >= 15 is 0 Å². The molecule has 4 amide bonds. The Hall–Kier alpha value is -6.82. The highest BCUT2D eigenvalue weighted by molar-refractivity contribution is 6.20. The van der Waals surface area contributed by atoms with Crippen LogP contribution in [0.15, 0.2) is 115 Å².